The molecule has 4 heteroatoms. The Kier molecular flexibility index (Phi) is 4.35. The van der Waals surface area contributed by atoms with E-state index in [0.29, 0.717) is 12.1 Å². The lowest BCUT2D eigenvalue weighted by Gasteiger charge is -2.16. The van der Waals surface area contributed by atoms with Gasteiger partial charge in [-0.1, -0.05) is 24.3 Å². The molecule has 0 saturated carbocycles. The third-order valence-corrected chi connectivity index (χ3v) is 3.34. The Labute approximate surface area is 117 Å². The summed E-state index contributed by atoms with van der Waals surface area (Å²) in [6.45, 7) is 4.34. The predicted molar refractivity (Wildman–Crippen MR) is 74.5 cm³/mol. The van der Waals surface area contributed by atoms with Gasteiger partial charge in [-0.05, 0) is 42.7 Å². The van der Waals surface area contributed by atoms with Crippen LogP contribution in [0.3, 0.4) is 0 Å². The first-order valence-electron chi connectivity index (χ1n) is 6.45. The second-order valence-electron chi connectivity index (χ2n) is 4.87. The summed E-state index contributed by atoms with van der Waals surface area (Å²) in [5, 5.41) is 12.3. The molecular formula is C16H17F2NO. The molecule has 0 spiro atoms. The highest BCUT2D eigenvalue weighted by Gasteiger charge is 2.11. The molecule has 0 fully saturated rings. The summed E-state index contributed by atoms with van der Waals surface area (Å²) in [5.74, 6) is -2.81. The molecule has 0 amide bonds. The van der Waals surface area contributed by atoms with Crippen LogP contribution in [0, 0.1) is 18.6 Å². The largest absolute Gasteiger partial charge is 0.503 e. The van der Waals surface area contributed by atoms with E-state index >= 15 is 0 Å². The van der Waals surface area contributed by atoms with Crippen LogP contribution in [0.25, 0.3) is 0 Å². The minimum atomic E-state index is -0.939. The van der Waals surface area contributed by atoms with Crippen molar-refractivity contribution in [3.05, 3.63) is 64.7 Å². The first-order chi connectivity index (χ1) is 9.49. The Morgan fingerprint density at radius 3 is 2.35 bits per heavy atom. The lowest BCUT2D eigenvalue weighted by molar-refractivity contribution is 0.394. The minimum absolute atomic E-state index is 0.0659. The fourth-order valence-electron chi connectivity index (χ4n) is 2.17. The molecule has 1 atom stereocenters. The second-order valence-corrected chi connectivity index (χ2v) is 4.87. The minimum Gasteiger partial charge on any atom is -0.503 e. The third-order valence-electron chi connectivity index (χ3n) is 3.34. The molecule has 0 saturated heterocycles. The Bertz CT molecular complexity index is 590. The number of nitrogens with one attached hydrogen (secondary N) is 1. The monoisotopic (exact) mass is 277 g/mol. The van der Waals surface area contributed by atoms with Crippen LogP contribution >= 0.6 is 0 Å². The van der Waals surface area contributed by atoms with Crippen LogP contribution in [-0.4, -0.2) is 5.11 Å². The van der Waals surface area contributed by atoms with Gasteiger partial charge in [0.25, 0.3) is 0 Å². The molecule has 0 aromatic heterocycles. The Balaban J connectivity index is 2.07. The van der Waals surface area contributed by atoms with Gasteiger partial charge in [0.15, 0.2) is 17.4 Å². The van der Waals surface area contributed by atoms with E-state index in [4.69, 9.17) is 5.11 Å². The molecule has 2 nitrogen and oxygen atoms in total. The number of aromatic hydroxyl groups is 1. The highest BCUT2D eigenvalue weighted by Crippen LogP contribution is 2.22. The average Bonchev–Trinajstić information content (AvgIpc) is 2.42. The summed E-state index contributed by atoms with van der Waals surface area (Å²) < 4.78 is 26.5. The molecule has 0 aliphatic rings. The number of benzene rings is 2. The maximum atomic E-state index is 13.2. The predicted octanol–water partition coefficient (Wildman–Crippen LogP) is 3.83. The maximum absolute atomic E-state index is 13.2. The Morgan fingerprint density at radius 2 is 1.75 bits per heavy atom. The van der Waals surface area contributed by atoms with Crippen molar-refractivity contribution in [1.82, 2.24) is 5.32 Å². The molecule has 2 N–H and O–H groups in total. The molecule has 0 bridgehead atoms. The van der Waals surface area contributed by atoms with Crippen molar-refractivity contribution in [2.75, 3.05) is 0 Å². The number of aryl methyl sites for hydroxylation is 1. The van der Waals surface area contributed by atoms with Gasteiger partial charge in [-0.2, -0.15) is 0 Å². The van der Waals surface area contributed by atoms with Crippen LogP contribution in [0.4, 0.5) is 8.78 Å². The summed E-state index contributed by atoms with van der Waals surface area (Å²) in [6.07, 6.45) is 0. The van der Waals surface area contributed by atoms with Crippen LogP contribution in [0.5, 0.6) is 5.75 Å². The topological polar surface area (TPSA) is 32.3 Å². The second kappa shape index (κ2) is 6.01. The van der Waals surface area contributed by atoms with Crippen LogP contribution < -0.4 is 5.32 Å². The fraction of sp³-hybridized carbons (Fsp3) is 0.250. The molecule has 1 unspecified atom stereocenters. The molecule has 0 aliphatic carbocycles. The number of phenols is 1. The standard InChI is InChI=1S/C16H17F2NO/c1-10-5-3-4-6-13(10)11(2)19-9-12-7-14(17)16(20)15(18)8-12/h3-8,11,19-20H,9H2,1-2H3. The molecular weight excluding hydrogens is 260 g/mol. The van der Waals surface area contributed by atoms with Gasteiger partial charge < -0.3 is 10.4 Å². The highest BCUT2D eigenvalue weighted by molar-refractivity contribution is 5.31. The first-order valence-corrected chi connectivity index (χ1v) is 6.45. The van der Waals surface area contributed by atoms with E-state index in [9.17, 15) is 8.78 Å². The average molecular weight is 277 g/mol. The van der Waals surface area contributed by atoms with Crippen molar-refractivity contribution in [3.8, 4) is 5.75 Å². The van der Waals surface area contributed by atoms with Gasteiger partial charge in [0, 0.05) is 12.6 Å². The number of hydrogen-bond acceptors (Lipinski definition) is 2. The van der Waals surface area contributed by atoms with Gasteiger partial charge in [0.2, 0.25) is 0 Å². The zero-order valence-electron chi connectivity index (χ0n) is 11.5. The van der Waals surface area contributed by atoms with Crippen molar-refractivity contribution < 1.29 is 13.9 Å². The number of phenolic OH excluding ortho intramolecular Hbond substituents is 1. The van der Waals surface area contributed by atoms with Gasteiger partial charge in [-0.3, -0.25) is 0 Å². The SMILES string of the molecule is Cc1ccccc1C(C)NCc1cc(F)c(O)c(F)c1. The van der Waals surface area contributed by atoms with Crippen LogP contribution in [0.15, 0.2) is 36.4 Å². The van der Waals surface area contributed by atoms with E-state index in [1.807, 2.05) is 38.1 Å². The zero-order chi connectivity index (χ0) is 14.7. The van der Waals surface area contributed by atoms with Gasteiger partial charge in [0.05, 0.1) is 0 Å². The van der Waals surface area contributed by atoms with E-state index in [1.54, 1.807) is 0 Å². The Morgan fingerprint density at radius 1 is 1.15 bits per heavy atom. The molecule has 2 aromatic carbocycles. The lowest BCUT2D eigenvalue weighted by Crippen LogP contribution is -2.19. The molecule has 0 aliphatic heterocycles. The van der Waals surface area contributed by atoms with Crippen molar-refractivity contribution in [2.45, 2.75) is 26.4 Å². The summed E-state index contributed by atoms with van der Waals surface area (Å²) >= 11 is 0. The van der Waals surface area contributed by atoms with E-state index in [2.05, 4.69) is 5.32 Å². The number of halogens is 2. The van der Waals surface area contributed by atoms with Crippen molar-refractivity contribution in [2.24, 2.45) is 0 Å². The number of hydrogen-bond donors (Lipinski definition) is 2. The van der Waals surface area contributed by atoms with Gasteiger partial charge in [-0.15, -0.1) is 0 Å². The van der Waals surface area contributed by atoms with Crippen molar-refractivity contribution >= 4 is 0 Å². The third kappa shape index (κ3) is 3.14. The highest BCUT2D eigenvalue weighted by atomic mass is 19.1. The van der Waals surface area contributed by atoms with Gasteiger partial charge in [-0.25, -0.2) is 8.78 Å². The zero-order valence-corrected chi connectivity index (χ0v) is 11.5. The van der Waals surface area contributed by atoms with Crippen molar-refractivity contribution in [1.29, 1.82) is 0 Å². The quantitative estimate of drug-likeness (QED) is 0.890. The normalized spacial score (nSPS) is 12.4. The number of rotatable bonds is 4. The van der Waals surface area contributed by atoms with Crippen LogP contribution in [-0.2, 0) is 6.54 Å². The molecule has 20 heavy (non-hydrogen) atoms. The molecule has 0 radical (unpaired) electrons. The van der Waals surface area contributed by atoms with E-state index < -0.39 is 17.4 Å². The smallest absolute Gasteiger partial charge is 0.187 e. The Hall–Kier alpha value is -1.94. The van der Waals surface area contributed by atoms with Gasteiger partial charge >= 0.3 is 0 Å². The summed E-state index contributed by atoms with van der Waals surface area (Å²) in [6, 6.07) is 10.3. The molecule has 2 rings (SSSR count). The lowest BCUT2D eigenvalue weighted by atomic mass is 10.0. The van der Waals surface area contributed by atoms with E-state index in [1.165, 1.54) is 0 Å². The molecule has 2 aromatic rings. The van der Waals surface area contributed by atoms with Crippen molar-refractivity contribution in [3.63, 3.8) is 0 Å². The molecule has 106 valence electrons. The molecule has 0 heterocycles. The summed E-state index contributed by atoms with van der Waals surface area (Å²) in [5.41, 5.74) is 2.76. The summed E-state index contributed by atoms with van der Waals surface area (Å²) in [4.78, 5) is 0. The maximum Gasteiger partial charge on any atom is 0.187 e. The van der Waals surface area contributed by atoms with Gasteiger partial charge in [0.1, 0.15) is 0 Å². The van der Waals surface area contributed by atoms with E-state index in [0.717, 1.165) is 23.3 Å². The van der Waals surface area contributed by atoms with Crippen LogP contribution in [0.2, 0.25) is 0 Å². The van der Waals surface area contributed by atoms with Crippen LogP contribution in [0.1, 0.15) is 29.7 Å². The van der Waals surface area contributed by atoms with E-state index in [-0.39, 0.29) is 6.04 Å². The fourth-order valence-corrected chi connectivity index (χ4v) is 2.17. The summed E-state index contributed by atoms with van der Waals surface area (Å²) in [7, 11) is 0. The first kappa shape index (κ1) is 14.5.